The van der Waals surface area contributed by atoms with Gasteiger partial charge in [-0.2, -0.15) is 0 Å². The third-order valence-electron chi connectivity index (χ3n) is 2.61. The van der Waals surface area contributed by atoms with E-state index < -0.39 is 0 Å². The van der Waals surface area contributed by atoms with Gasteiger partial charge in [-0.1, -0.05) is 18.2 Å². The first-order chi connectivity index (χ1) is 8.34. The highest BCUT2D eigenvalue weighted by atomic mass is 14.9. The van der Waals surface area contributed by atoms with Gasteiger partial charge in [0.1, 0.15) is 5.82 Å². The van der Waals surface area contributed by atoms with Crippen LogP contribution in [0.2, 0.25) is 0 Å². The lowest BCUT2D eigenvalue weighted by Crippen LogP contribution is -1.94. The second-order valence-electron chi connectivity index (χ2n) is 3.73. The molecule has 2 aromatic heterocycles. The molecule has 0 fully saturated rings. The van der Waals surface area contributed by atoms with Crippen molar-refractivity contribution in [3.8, 4) is 11.3 Å². The summed E-state index contributed by atoms with van der Waals surface area (Å²) in [5, 5.41) is 2.18. The molecule has 0 saturated carbocycles. The number of benzene rings is 1. The van der Waals surface area contributed by atoms with Gasteiger partial charge in [0.2, 0.25) is 0 Å². The third kappa shape index (κ3) is 1.69. The molecule has 4 heteroatoms. The number of rotatable bonds is 1. The first-order valence-corrected chi connectivity index (χ1v) is 5.25. The Balaban J connectivity index is 2.30. The minimum atomic E-state index is 0.420. The van der Waals surface area contributed by atoms with Crippen LogP contribution in [0.1, 0.15) is 0 Å². The van der Waals surface area contributed by atoms with E-state index in [9.17, 15) is 0 Å². The Labute approximate surface area is 98.2 Å². The van der Waals surface area contributed by atoms with Crippen LogP contribution in [0.3, 0.4) is 0 Å². The molecule has 3 aromatic rings. The summed E-state index contributed by atoms with van der Waals surface area (Å²) in [6, 6.07) is 7.99. The highest BCUT2D eigenvalue weighted by molar-refractivity contribution is 5.95. The van der Waals surface area contributed by atoms with Crippen LogP contribution in [0, 0.1) is 0 Å². The summed E-state index contributed by atoms with van der Waals surface area (Å²) in [5.74, 6) is 0.420. The smallest absolute Gasteiger partial charge is 0.142 e. The van der Waals surface area contributed by atoms with Gasteiger partial charge in [0.15, 0.2) is 0 Å². The van der Waals surface area contributed by atoms with Crippen molar-refractivity contribution in [3.63, 3.8) is 0 Å². The topological polar surface area (TPSA) is 64.7 Å². The SMILES string of the molecule is Nc1cncc(-c2cccc3ccncc23)n1. The second kappa shape index (κ2) is 3.83. The minimum Gasteiger partial charge on any atom is -0.382 e. The molecule has 82 valence electrons. The fourth-order valence-electron chi connectivity index (χ4n) is 1.85. The van der Waals surface area contributed by atoms with E-state index in [1.807, 2.05) is 30.5 Å². The molecule has 2 N–H and O–H groups in total. The van der Waals surface area contributed by atoms with Crippen molar-refractivity contribution in [1.82, 2.24) is 15.0 Å². The highest BCUT2D eigenvalue weighted by Crippen LogP contribution is 2.26. The van der Waals surface area contributed by atoms with E-state index in [0.717, 1.165) is 22.0 Å². The third-order valence-corrected chi connectivity index (χ3v) is 2.61. The van der Waals surface area contributed by atoms with Crippen LogP contribution >= 0.6 is 0 Å². The van der Waals surface area contributed by atoms with E-state index in [0.29, 0.717) is 5.82 Å². The first-order valence-electron chi connectivity index (χ1n) is 5.25. The van der Waals surface area contributed by atoms with E-state index in [1.54, 1.807) is 12.4 Å². The van der Waals surface area contributed by atoms with Gasteiger partial charge in [-0.3, -0.25) is 9.97 Å². The molecular weight excluding hydrogens is 212 g/mol. The summed E-state index contributed by atoms with van der Waals surface area (Å²) >= 11 is 0. The molecule has 0 radical (unpaired) electrons. The number of hydrogen-bond donors (Lipinski definition) is 1. The minimum absolute atomic E-state index is 0.420. The summed E-state index contributed by atoms with van der Waals surface area (Å²) < 4.78 is 0. The zero-order valence-electron chi connectivity index (χ0n) is 9.04. The van der Waals surface area contributed by atoms with Gasteiger partial charge in [-0.05, 0) is 11.5 Å². The number of pyridine rings is 1. The number of nitrogens with two attached hydrogens (primary N) is 1. The first kappa shape index (κ1) is 9.72. The Morgan fingerprint density at radius 1 is 0.941 bits per heavy atom. The quantitative estimate of drug-likeness (QED) is 0.686. The van der Waals surface area contributed by atoms with Crippen molar-refractivity contribution in [2.45, 2.75) is 0 Å². The maximum absolute atomic E-state index is 5.65. The maximum Gasteiger partial charge on any atom is 0.142 e. The Bertz CT molecular complexity index is 674. The van der Waals surface area contributed by atoms with Gasteiger partial charge in [0.05, 0.1) is 18.1 Å². The van der Waals surface area contributed by atoms with Crippen LogP contribution in [0.4, 0.5) is 5.82 Å². The van der Waals surface area contributed by atoms with E-state index in [4.69, 9.17) is 5.73 Å². The molecule has 0 spiro atoms. The zero-order chi connectivity index (χ0) is 11.7. The summed E-state index contributed by atoms with van der Waals surface area (Å²) in [6.07, 6.45) is 6.84. The molecule has 2 heterocycles. The molecule has 0 atom stereocenters. The van der Waals surface area contributed by atoms with Gasteiger partial charge in [-0.25, -0.2) is 4.98 Å². The van der Waals surface area contributed by atoms with Gasteiger partial charge in [-0.15, -0.1) is 0 Å². The predicted octanol–water partition coefficient (Wildman–Crippen LogP) is 2.27. The lowest BCUT2D eigenvalue weighted by Gasteiger charge is -2.05. The summed E-state index contributed by atoms with van der Waals surface area (Å²) in [7, 11) is 0. The van der Waals surface area contributed by atoms with Crippen LogP contribution in [-0.2, 0) is 0 Å². The van der Waals surface area contributed by atoms with E-state index in [1.165, 1.54) is 6.20 Å². The number of nitrogen functional groups attached to an aromatic ring is 1. The number of anilines is 1. The monoisotopic (exact) mass is 222 g/mol. The van der Waals surface area contributed by atoms with Gasteiger partial charge < -0.3 is 5.73 Å². The highest BCUT2D eigenvalue weighted by Gasteiger charge is 2.05. The van der Waals surface area contributed by atoms with Crippen molar-refractivity contribution >= 4 is 16.6 Å². The average molecular weight is 222 g/mol. The molecule has 3 rings (SSSR count). The fraction of sp³-hybridized carbons (Fsp3) is 0. The van der Waals surface area contributed by atoms with Crippen LogP contribution < -0.4 is 5.73 Å². The molecule has 0 aliphatic heterocycles. The number of hydrogen-bond acceptors (Lipinski definition) is 4. The van der Waals surface area contributed by atoms with Crippen molar-refractivity contribution in [3.05, 3.63) is 49.1 Å². The Morgan fingerprint density at radius 3 is 2.76 bits per heavy atom. The molecular formula is C13H10N4. The second-order valence-corrected chi connectivity index (χ2v) is 3.73. The van der Waals surface area contributed by atoms with Gasteiger partial charge >= 0.3 is 0 Å². The largest absolute Gasteiger partial charge is 0.382 e. The molecule has 1 aromatic carbocycles. The normalized spacial score (nSPS) is 10.6. The Kier molecular flexibility index (Phi) is 2.19. The Hall–Kier alpha value is -2.49. The van der Waals surface area contributed by atoms with Crippen LogP contribution in [-0.4, -0.2) is 15.0 Å². The Morgan fingerprint density at radius 2 is 1.88 bits per heavy atom. The van der Waals surface area contributed by atoms with Crippen LogP contribution in [0.5, 0.6) is 0 Å². The van der Waals surface area contributed by atoms with Gasteiger partial charge in [0.25, 0.3) is 0 Å². The van der Waals surface area contributed by atoms with E-state index in [-0.39, 0.29) is 0 Å². The number of nitrogens with zero attached hydrogens (tertiary/aromatic N) is 3. The molecule has 0 bridgehead atoms. The predicted molar refractivity (Wildman–Crippen MR) is 67.2 cm³/mol. The number of fused-ring (bicyclic) bond motifs is 1. The van der Waals surface area contributed by atoms with E-state index in [2.05, 4.69) is 15.0 Å². The average Bonchev–Trinajstić information content (AvgIpc) is 2.38. The molecule has 4 nitrogen and oxygen atoms in total. The summed E-state index contributed by atoms with van der Waals surface area (Å²) in [5.41, 5.74) is 7.41. The number of aromatic nitrogens is 3. The maximum atomic E-state index is 5.65. The molecule has 0 unspecified atom stereocenters. The standard InChI is InChI=1S/C13H10N4/c14-13-8-16-7-12(17-13)10-3-1-2-9-4-5-15-6-11(9)10/h1-8H,(H2,14,17). The lowest BCUT2D eigenvalue weighted by atomic mass is 10.0. The molecule has 0 aliphatic rings. The van der Waals surface area contributed by atoms with E-state index >= 15 is 0 Å². The van der Waals surface area contributed by atoms with Gasteiger partial charge in [0, 0.05) is 23.3 Å². The molecule has 0 amide bonds. The summed E-state index contributed by atoms with van der Waals surface area (Å²) in [4.78, 5) is 12.5. The van der Waals surface area contributed by atoms with Crippen molar-refractivity contribution in [2.24, 2.45) is 0 Å². The van der Waals surface area contributed by atoms with Crippen LogP contribution in [0.25, 0.3) is 22.0 Å². The lowest BCUT2D eigenvalue weighted by molar-refractivity contribution is 1.22. The molecule has 17 heavy (non-hydrogen) atoms. The summed E-state index contributed by atoms with van der Waals surface area (Å²) in [6.45, 7) is 0. The molecule has 0 saturated heterocycles. The van der Waals surface area contributed by atoms with Crippen LogP contribution in [0.15, 0.2) is 49.1 Å². The van der Waals surface area contributed by atoms with Crippen molar-refractivity contribution < 1.29 is 0 Å². The molecule has 0 aliphatic carbocycles. The zero-order valence-corrected chi connectivity index (χ0v) is 9.04. The van der Waals surface area contributed by atoms with Crippen molar-refractivity contribution in [1.29, 1.82) is 0 Å². The fourth-order valence-corrected chi connectivity index (χ4v) is 1.85. The van der Waals surface area contributed by atoms with Crippen molar-refractivity contribution in [2.75, 3.05) is 5.73 Å².